The first kappa shape index (κ1) is 17.0. The molecule has 0 saturated carbocycles. The molecule has 1 saturated heterocycles. The lowest BCUT2D eigenvalue weighted by Gasteiger charge is -2.22. The van der Waals surface area contributed by atoms with Gasteiger partial charge in [0.15, 0.2) is 0 Å². The van der Waals surface area contributed by atoms with Crippen LogP contribution in [0.25, 0.3) is 11.4 Å². The number of rotatable bonds is 4. The molecule has 1 fully saturated rings. The van der Waals surface area contributed by atoms with Crippen molar-refractivity contribution in [2.24, 2.45) is 0 Å². The van der Waals surface area contributed by atoms with Crippen molar-refractivity contribution in [1.29, 1.82) is 0 Å². The number of benzene rings is 1. The lowest BCUT2D eigenvalue weighted by molar-refractivity contribution is -0.133. The molecular weight excluding hydrogens is 350 g/mol. The maximum absolute atomic E-state index is 12.7. The Hall–Kier alpha value is -3.49. The summed E-state index contributed by atoms with van der Waals surface area (Å²) in [6.45, 7) is 0.385. The van der Waals surface area contributed by atoms with Gasteiger partial charge in [0.2, 0.25) is 17.6 Å². The van der Waals surface area contributed by atoms with E-state index in [2.05, 4.69) is 15.1 Å². The Morgan fingerprint density at radius 1 is 1.22 bits per heavy atom. The topological polar surface area (TPSA) is 114 Å². The van der Waals surface area contributed by atoms with Gasteiger partial charge >= 0.3 is 5.69 Å². The molecule has 1 aliphatic heterocycles. The summed E-state index contributed by atoms with van der Waals surface area (Å²) in [4.78, 5) is 43.9. The van der Waals surface area contributed by atoms with Crippen LogP contribution in [-0.4, -0.2) is 37.0 Å². The molecule has 138 valence electrons. The normalized spacial score (nSPS) is 16.6. The van der Waals surface area contributed by atoms with E-state index in [4.69, 9.17) is 4.52 Å². The fourth-order valence-corrected chi connectivity index (χ4v) is 3.20. The Morgan fingerprint density at radius 3 is 2.81 bits per heavy atom. The van der Waals surface area contributed by atoms with Crippen LogP contribution in [0, 0.1) is 0 Å². The first-order chi connectivity index (χ1) is 13.1. The van der Waals surface area contributed by atoms with E-state index in [0.717, 1.165) is 12.0 Å². The largest absolute Gasteiger partial charge is 0.337 e. The van der Waals surface area contributed by atoms with Crippen molar-refractivity contribution in [3.8, 4) is 11.4 Å². The third-order valence-corrected chi connectivity index (χ3v) is 4.53. The zero-order valence-corrected chi connectivity index (χ0v) is 14.4. The van der Waals surface area contributed by atoms with Gasteiger partial charge in [0.1, 0.15) is 12.6 Å². The molecule has 9 nitrogen and oxygen atoms in total. The predicted molar refractivity (Wildman–Crippen MR) is 94.7 cm³/mol. The second-order valence-electron chi connectivity index (χ2n) is 6.31. The number of carbonyl (C=O) groups is 1. The summed E-state index contributed by atoms with van der Waals surface area (Å²) < 4.78 is 6.57. The number of hydrogen-bond donors (Lipinski definition) is 1. The minimum atomic E-state index is -0.615. The molecule has 1 aromatic carbocycles. The van der Waals surface area contributed by atoms with Crippen molar-refractivity contribution in [3.05, 3.63) is 69.3 Å². The van der Waals surface area contributed by atoms with Crippen molar-refractivity contribution in [3.63, 3.8) is 0 Å². The summed E-state index contributed by atoms with van der Waals surface area (Å²) in [7, 11) is 0. The van der Waals surface area contributed by atoms with E-state index < -0.39 is 11.2 Å². The van der Waals surface area contributed by atoms with Crippen LogP contribution in [0.3, 0.4) is 0 Å². The molecule has 3 aromatic rings. The molecule has 2 aromatic heterocycles. The fraction of sp³-hybridized carbons (Fsp3) is 0.278. The Bertz CT molecular complexity index is 1070. The van der Waals surface area contributed by atoms with Crippen LogP contribution in [0.1, 0.15) is 24.8 Å². The summed E-state index contributed by atoms with van der Waals surface area (Å²) in [6.07, 6.45) is 2.83. The van der Waals surface area contributed by atoms with E-state index >= 15 is 0 Å². The van der Waals surface area contributed by atoms with Gasteiger partial charge in [-0.1, -0.05) is 35.5 Å². The van der Waals surface area contributed by atoms with E-state index in [1.807, 2.05) is 30.3 Å². The molecule has 1 atom stereocenters. The van der Waals surface area contributed by atoms with Crippen molar-refractivity contribution >= 4 is 5.91 Å². The third-order valence-electron chi connectivity index (χ3n) is 4.53. The van der Waals surface area contributed by atoms with Crippen LogP contribution in [-0.2, 0) is 11.3 Å². The van der Waals surface area contributed by atoms with Gasteiger partial charge in [-0.15, -0.1) is 0 Å². The van der Waals surface area contributed by atoms with E-state index in [1.165, 1.54) is 16.8 Å². The number of H-pyrrole nitrogens is 1. The number of likely N-dealkylation sites (tertiary alicyclic amines) is 1. The minimum Gasteiger partial charge on any atom is -0.337 e. The third kappa shape index (κ3) is 3.43. The Balaban J connectivity index is 1.54. The van der Waals surface area contributed by atoms with Crippen LogP contribution in [0.4, 0.5) is 0 Å². The maximum Gasteiger partial charge on any atom is 0.328 e. The maximum atomic E-state index is 12.7. The summed E-state index contributed by atoms with van der Waals surface area (Å²) in [5.74, 6) is 0.612. The highest BCUT2D eigenvalue weighted by atomic mass is 16.5. The van der Waals surface area contributed by atoms with Crippen LogP contribution in [0.15, 0.2) is 56.7 Å². The van der Waals surface area contributed by atoms with Crippen molar-refractivity contribution in [1.82, 2.24) is 24.6 Å². The second-order valence-corrected chi connectivity index (χ2v) is 6.31. The second kappa shape index (κ2) is 7.02. The Morgan fingerprint density at radius 2 is 2.04 bits per heavy atom. The Labute approximate surface area is 153 Å². The molecule has 3 heterocycles. The van der Waals surface area contributed by atoms with Crippen LogP contribution in [0.2, 0.25) is 0 Å². The molecule has 0 spiro atoms. The lowest BCUT2D eigenvalue weighted by atomic mass is 10.2. The van der Waals surface area contributed by atoms with Gasteiger partial charge in [-0.25, -0.2) is 4.79 Å². The highest BCUT2D eigenvalue weighted by molar-refractivity contribution is 5.76. The lowest BCUT2D eigenvalue weighted by Crippen LogP contribution is -2.38. The molecular formula is C18H17N5O4. The highest BCUT2D eigenvalue weighted by Gasteiger charge is 2.34. The average molecular weight is 367 g/mol. The summed E-state index contributed by atoms with van der Waals surface area (Å²) in [5.41, 5.74) is -0.277. The molecule has 0 bridgehead atoms. The van der Waals surface area contributed by atoms with E-state index in [0.29, 0.717) is 24.7 Å². The zero-order chi connectivity index (χ0) is 18.8. The molecule has 1 amide bonds. The molecule has 0 unspecified atom stereocenters. The minimum absolute atomic E-state index is 0.161. The predicted octanol–water partition coefficient (Wildman–Crippen LogP) is 0.950. The number of nitrogens with zero attached hydrogens (tertiary/aromatic N) is 4. The quantitative estimate of drug-likeness (QED) is 0.734. The first-order valence-corrected chi connectivity index (χ1v) is 8.60. The van der Waals surface area contributed by atoms with Gasteiger partial charge in [-0.05, 0) is 12.8 Å². The summed E-state index contributed by atoms with van der Waals surface area (Å²) >= 11 is 0. The highest BCUT2D eigenvalue weighted by Crippen LogP contribution is 2.32. The molecule has 0 radical (unpaired) electrons. The van der Waals surface area contributed by atoms with E-state index in [-0.39, 0.29) is 18.5 Å². The first-order valence-electron chi connectivity index (χ1n) is 8.60. The molecule has 1 N–H and O–H groups in total. The zero-order valence-electron chi connectivity index (χ0n) is 14.4. The summed E-state index contributed by atoms with van der Waals surface area (Å²) in [6, 6.07) is 10.3. The monoisotopic (exact) mass is 367 g/mol. The summed E-state index contributed by atoms with van der Waals surface area (Å²) in [5, 5.41) is 4.01. The van der Waals surface area contributed by atoms with E-state index in [1.54, 1.807) is 4.90 Å². The van der Waals surface area contributed by atoms with Crippen molar-refractivity contribution in [2.75, 3.05) is 6.54 Å². The van der Waals surface area contributed by atoms with E-state index in [9.17, 15) is 14.4 Å². The smallest absolute Gasteiger partial charge is 0.328 e. The fourth-order valence-electron chi connectivity index (χ4n) is 3.20. The van der Waals surface area contributed by atoms with Crippen molar-refractivity contribution < 1.29 is 9.32 Å². The molecule has 4 rings (SSSR count). The van der Waals surface area contributed by atoms with Gasteiger partial charge in [0.25, 0.3) is 5.56 Å². The standard InChI is InChI=1S/C18H17N5O4/c24-14-8-10-22(18(26)19-14)11-15(25)23-9-4-7-13(23)17-20-16(21-27-17)12-5-2-1-3-6-12/h1-3,5-6,8,10,13H,4,7,9,11H2,(H,19,24,26)/t13-/m1/s1. The van der Waals surface area contributed by atoms with Crippen LogP contribution >= 0.6 is 0 Å². The molecule has 9 heteroatoms. The van der Waals surface area contributed by atoms with Crippen LogP contribution in [0.5, 0.6) is 0 Å². The van der Waals surface area contributed by atoms with Gasteiger partial charge in [-0.3, -0.25) is 19.1 Å². The van der Waals surface area contributed by atoms with Gasteiger partial charge in [0, 0.05) is 24.4 Å². The molecule has 27 heavy (non-hydrogen) atoms. The van der Waals surface area contributed by atoms with Gasteiger partial charge in [-0.2, -0.15) is 4.98 Å². The van der Waals surface area contributed by atoms with Gasteiger partial charge in [0.05, 0.1) is 0 Å². The molecule has 1 aliphatic rings. The number of hydrogen-bond acceptors (Lipinski definition) is 6. The number of amides is 1. The number of nitrogens with one attached hydrogen (secondary N) is 1. The SMILES string of the molecule is O=C(Cn1ccc(=O)[nH]c1=O)N1CCC[C@@H]1c1nc(-c2ccccc2)no1. The van der Waals surface area contributed by atoms with Gasteiger partial charge < -0.3 is 9.42 Å². The number of aromatic amines is 1. The number of carbonyl (C=O) groups excluding carboxylic acids is 1. The Kier molecular flexibility index (Phi) is 4.41. The van der Waals surface area contributed by atoms with Crippen LogP contribution < -0.4 is 11.2 Å². The number of aromatic nitrogens is 4. The average Bonchev–Trinajstić information content (AvgIpc) is 3.33. The van der Waals surface area contributed by atoms with Crippen molar-refractivity contribution in [2.45, 2.75) is 25.4 Å². The molecule has 0 aliphatic carbocycles.